The van der Waals surface area contributed by atoms with E-state index < -0.39 is 18.3 Å². The van der Waals surface area contributed by atoms with Crippen LogP contribution in [-0.2, 0) is 14.2 Å². The Bertz CT molecular complexity index is 522. The molecule has 8 heteroatoms. The molecule has 0 radical (unpaired) electrons. The van der Waals surface area contributed by atoms with Gasteiger partial charge in [0.25, 0.3) is 0 Å². The van der Waals surface area contributed by atoms with Gasteiger partial charge in [-0.3, -0.25) is 0 Å². The van der Waals surface area contributed by atoms with E-state index in [9.17, 15) is 0 Å². The third kappa shape index (κ3) is 12.6. The molecule has 0 N–H and O–H groups in total. The molecule has 150 valence electrons. The molecule has 0 fully saturated rings. The molecule has 0 amide bonds. The first kappa shape index (κ1) is 25.3. The van der Waals surface area contributed by atoms with Gasteiger partial charge in [-0.05, 0) is 25.7 Å². The molecular formula is C20H27N5O3. The molecule has 0 heterocycles. The van der Waals surface area contributed by atoms with E-state index in [1.807, 2.05) is 18.2 Å². The number of nitrogens with zero attached hydrogens (tertiary/aromatic N) is 5. The Morgan fingerprint density at radius 2 is 0.857 bits per heavy atom. The molecule has 0 aromatic carbocycles. The van der Waals surface area contributed by atoms with Crippen molar-refractivity contribution in [1.29, 1.82) is 26.3 Å². The summed E-state index contributed by atoms with van der Waals surface area (Å²) < 4.78 is 17.7. The summed E-state index contributed by atoms with van der Waals surface area (Å²) in [6, 6.07) is 10.3. The summed E-state index contributed by atoms with van der Waals surface area (Å²) in [6.07, 6.45) is 2.40. The van der Waals surface area contributed by atoms with Crippen LogP contribution in [0.25, 0.3) is 0 Å². The van der Waals surface area contributed by atoms with Crippen LogP contribution in [0.3, 0.4) is 0 Å². The first-order chi connectivity index (χ1) is 13.7. The van der Waals surface area contributed by atoms with Gasteiger partial charge in [-0.15, -0.1) is 0 Å². The summed E-state index contributed by atoms with van der Waals surface area (Å²) in [4.78, 5) is 0. The van der Waals surface area contributed by atoms with Crippen molar-refractivity contribution in [2.75, 3.05) is 19.8 Å². The number of unbranched alkanes of at least 4 members (excludes halogenated alkanes) is 2. The molecule has 0 saturated heterocycles. The lowest BCUT2D eigenvalue weighted by molar-refractivity contribution is -0.142. The highest BCUT2D eigenvalue weighted by Gasteiger charge is 2.31. The molecule has 0 aliphatic rings. The quantitative estimate of drug-likeness (QED) is 0.346. The molecule has 0 rings (SSSR count). The lowest BCUT2D eigenvalue weighted by Gasteiger charge is -2.33. The van der Waals surface area contributed by atoms with Gasteiger partial charge in [-0.2, -0.15) is 26.3 Å². The number of hydrogen-bond donors (Lipinski definition) is 0. The molecule has 0 spiro atoms. The van der Waals surface area contributed by atoms with Gasteiger partial charge in [0.1, 0.15) is 6.10 Å². The Kier molecular flexibility index (Phi) is 17.3. The fraction of sp³-hybridized carbons (Fsp3) is 0.750. The van der Waals surface area contributed by atoms with Gasteiger partial charge in [-0.25, -0.2) is 0 Å². The minimum atomic E-state index is -0.511. The number of rotatable bonds is 17. The van der Waals surface area contributed by atoms with Crippen LogP contribution in [0.15, 0.2) is 0 Å². The third-order valence-corrected chi connectivity index (χ3v) is 3.90. The predicted octanol–water partition coefficient (Wildman–Crippen LogP) is 3.27. The molecule has 0 aromatic rings. The van der Waals surface area contributed by atoms with E-state index in [4.69, 9.17) is 40.5 Å². The predicted molar refractivity (Wildman–Crippen MR) is 98.8 cm³/mol. The Morgan fingerprint density at radius 1 is 0.500 bits per heavy atom. The van der Waals surface area contributed by atoms with Gasteiger partial charge in [0.05, 0.1) is 81.6 Å². The second kappa shape index (κ2) is 19.1. The third-order valence-electron chi connectivity index (χ3n) is 3.90. The molecule has 0 aliphatic carbocycles. The first-order valence-electron chi connectivity index (χ1n) is 9.44. The second-order valence-electron chi connectivity index (χ2n) is 5.98. The molecular weight excluding hydrogens is 358 g/mol. The fourth-order valence-corrected chi connectivity index (χ4v) is 2.66. The maximum atomic E-state index is 8.81. The largest absolute Gasteiger partial charge is 0.374 e. The van der Waals surface area contributed by atoms with E-state index in [1.165, 1.54) is 0 Å². The average Bonchev–Trinajstić information content (AvgIpc) is 2.70. The van der Waals surface area contributed by atoms with Crippen LogP contribution < -0.4 is 0 Å². The fourth-order valence-electron chi connectivity index (χ4n) is 2.66. The summed E-state index contributed by atoms with van der Waals surface area (Å²) in [5.74, 6) is 0. The molecule has 0 bridgehead atoms. The Hall–Kier alpha value is -2.67. The van der Waals surface area contributed by atoms with Gasteiger partial charge >= 0.3 is 0 Å². The maximum Gasteiger partial charge on any atom is 0.110 e. The van der Waals surface area contributed by atoms with Crippen molar-refractivity contribution in [3.8, 4) is 30.3 Å². The van der Waals surface area contributed by atoms with E-state index in [0.29, 0.717) is 38.5 Å². The van der Waals surface area contributed by atoms with Gasteiger partial charge in [0, 0.05) is 12.8 Å². The zero-order valence-corrected chi connectivity index (χ0v) is 16.2. The van der Waals surface area contributed by atoms with Crippen LogP contribution in [-0.4, -0.2) is 38.1 Å². The van der Waals surface area contributed by atoms with Crippen molar-refractivity contribution in [1.82, 2.24) is 0 Å². The highest BCUT2D eigenvalue weighted by molar-refractivity contribution is 4.85. The van der Waals surface area contributed by atoms with Crippen LogP contribution in [0.4, 0.5) is 0 Å². The van der Waals surface area contributed by atoms with Crippen molar-refractivity contribution in [2.45, 2.75) is 76.1 Å². The molecule has 0 aliphatic heterocycles. The standard InChI is InChI=1S/C20H27N5O3/c21-10-3-1-8-18(26-15-5-12-23)20(28-17-7-14-25)19(9-2-4-11-22)27-16-6-13-24/h18-20H,1-9,15-17H2. The van der Waals surface area contributed by atoms with E-state index in [1.54, 1.807) is 0 Å². The summed E-state index contributed by atoms with van der Waals surface area (Å²) in [5, 5.41) is 44.0. The van der Waals surface area contributed by atoms with Crippen molar-refractivity contribution in [3.05, 3.63) is 0 Å². The monoisotopic (exact) mass is 385 g/mol. The second-order valence-corrected chi connectivity index (χ2v) is 5.98. The van der Waals surface area contributed by atoms with E-state index in [-0.39, 0.29) is 39.1 Å². The molecule has 0 saturated carbocycles. The Morgan fingerprint density at radius 3 is 1.21 bits per heavy atom. The molecule has 2 unspecified atom stereocenters. The molecule has 0 aromatic heterocycles. The van der Waals surface area contributed by atoms with Gasteiger partial charge in [-0.1, -0.05) is 0 Å². The topological polar surface area (TPSA) is 147 Å². The summed E-state index contributed by atoms with van der Waals surface area (Å²) >= 11 is 0. The Labute approximate surface area is 167 Å². The normalized spacial score (nSPS) is 13.1. The molecule has 28 heavy (non-hydrogen) atoms. The van der Waals surface area contributed by atoms with Crippen LogP contribution in [0, 0.1) is 56.7 Å². The summed E-state index contributed by atoms with van der Waals surface area (Å²) in [6.45, 7) is 0.664. The van der Waals surface area contributed by atoms with Crippen molar-refractivity contribution >= 4 is 0 Å². The van der Waals surface area contributed by atoms with Crippen LogP contribution in [0.2, 0.25) is 0 Å². The minimum absolute atomic E-state index is 0.202. The highest BCUT2D eigenvalue weighted by Crippen LogP contribution is 2.22. The van der Waals surface area contributed by atoms with Crippen molar-refractivity contribution in [3.63, 3.8) is 0 Å². The van der Waals surface area contributed by atoms with Crippen molar-refractivity contribution < 1.29 is 14.2 Å². The van der Waals surface area contributed by atoms with Crippen LogP contribution in [0.1, 0.15) is 57.8 Å². The van der Waals surface area contributed by atoms with E-state index >= 15 is 0 Å². The number of nitriles is 5. The molecule has 2 atom stereocenters. The minimum Gasteiger partial charge on any atom is -0.374 e. The lowest BCUT2D eigenvalue weighted by atomic mass is 9.98. The van der Waals surface area contributed by atoms with Crippen molar-refractivity contribution in [2.24, 2.45) is 0 Å². The Balaban J connectivity index is 5.33. The summed E-state index contributed by atoms with van der Waals surface area (Å²) in [7, 11) is 0. The number of ether oxygens (including phenoxy) is 3. The van der Waals surface area contributed by atoms with Crippen LogP contribution >= 0.6 is 0 Å². The summed E-state index contributed by atoms with van der Waals surface area (Å²) in [5.41, 5.74) is 0. The van der Waals surface area contributed by atoms with Gasteiger partial charge < -0.3 is 14.2 Å². The number of hydrogen-bond acceptors (Lipinski definition) is 8. The van der Waals surface area contributed by atoms with Gasteiger partial charge in [0.15, 0.2) is 0 Å². The van der Waals surface area contributed by atoms with Crippen LogP contribution in [0.5, 0.6) is 0 Å². The van der Waals surface area contributed by atoms with E-state index in [0.717, 1.165) is 0 Å². The smallest absolute Gasteiger partial charge is 0.110 e. The maximum absolute atomic E-state index is 8.81. The molecule has 8 nitrogen and oxygen atoms in total. The first-order valence-corrected chi connectivity index (χ1v) is 9.44. The zero-order valence-electron chi connectivity index (χ0n) is 16.2. The van der Waals surface area contributed by atoms with Gasteiger partial charge in [0.2, 0.25) is 0 Å². The SMILES string of the molecule is N#CCCCC(OCCC#N)C(OCCC#N)C(CCCC#N)OCCC#N. The zero-order chi connectivity index (χ0) is 20.9. The average molecular weight is 385 g/mol. The lowest BCUT2D eigenvalue weighted by Crippen LogP contribution is -2.43. The highest BCUT2D eigenvalue weighted by atomic mass is 16.6. The van der Waals surface area contributed by atoms with E-state index in [2.05, 4.69) is 12.1 Å².